The van der Waals surface area contributed by atoms with Gasteiger partial charge in [0, 0.05) is 11.5 Å². The van der Waals surface area contributed by atoms with E-state index in [1.54, 1.807) is 12.1 Å². The number of hydrogen-bond donors (Lipinski definition) is 1. The van der Waals surface area contributed by atoms with Gasteiger partial charge >= 0.3 is 0 Å². The lowest BCUT2D eigenvalue weighted by atomic mass is 10.8. The Labute approximate surface area is 52.7 Å². The maximum Gasteiger partial charge on any atom is 0.0554 e. The third kappa shape index (κ3) is 70.1. The van der Waals surface area contributed by atoms with E-state index in [1.807, 2.05) is 0 Å². The van der Waals surface area contributed by atoms with Crippen molar-refractivity contribution in [3.05, 3.63) is 10.4 Å². The largest absolute Gasteiger partial charge is 0.248 e. The van der Waals surface area contributed by atoms with Crippen molar-refractivity contribution >= 4 is 17.4 Å². The summed E-state index contributed by atoms with van der Waals surface area (Å²) in [6.07, 6.45) is 0. The van der Waals surface area contributed by atoms with Gasteiger partial charge < -0.3 is 0 Å². The summed E-state index contributed by atoms with van der Waals surface area (Å²) in [5.41, 5.74) is 7.52. The molecule has 0 spiro atoms. The number of rotatable bonds is 1. The van der Waals surface area contributed by atoms with Crippen LogP contribution in [0.5, 0.6) is 0 Å². The predicted octanol–water partition coefficient (Wildman–Crippen LogP) is 1.98. The van der Waals surface area contributed by atoms with Gasteiger partial charge in [-0.3, -0.25) is 0 Å². The average Bonchev–Trinajstić information content (AvgIpc) is 1.71. The van der Waals surface area contributed by atoms with Gasteiger partial charge in [0.25, 0.3) is 0 Å². The van der Waals surface area contributed by atoms with Crippen molar-refractivity contribution in [2.45, 2.75) is 6.92 Å². The van der Waals surface area contributed by atoms with Crippen LogP contribution < -0.4 is 0 Å². The van der Waals surface area contributed by atoms with Crippen molar-refractivity contribution in [1.29, 1.82) is 5.41 Å². The Morgan fingerprint density at radius 1 is 2.00 bits per heavy atom. The molecule has 0 unspecified atom stereocenters. The minimum atomic E-state index is 0.552. The van der Waals surface area contributed by atoms with Gasteiger partial charge in [-0.2, -0.15) is 0 Å². The molecule has 0 fully saturated rings. The molecule has 0 aliphatic heterocycles. The molecule has 0 atom stereocenters. The van der Waals surface area contributed by atoms with Crippen LogP contribution in [-0.2, 0) is 0 Å². The molecule has 0 aromatic heterocycles. The third-order valence-corrected chi connectivity index (χ3v) is 0.205. The first-order valence-corrected chi connectivity index (χ1v) is 2.29. The third-order valence-electron chi connectivity index (χ3n) is 0.205. The maximum absolute atomic E-state index is 7.52. The molecule has 0 radical (unpaired) electrons. The van der Waals surface area contributed by atoms with Crippen LogP contribution in [0.25, 0.3) is 10.4 Å². The van der Waals surface area contributed by atoms with E-state index in [0.29, 0.717) is 6.54 Å². The second-order valence-corrected chi connectivity index (χ2v) is 0.853. The van der Waals surface area contributed by atoms with Crippen molar-refractivity contribution in [2.24, 2.45) is 5.11 Å². The lowest BCUT2D eigenvalue weighted by Gasteiger charge is -1.57. The second kappa shape index (κ2) is 16.5. The van der Waals surface area contributed by atoms with E-state index < -0.39 is 0 Å². The van der Waals surface area contributed by atoms with Crippen LogP contribution in [0.1, 0.15) is 6.92 Å². The molecule has 0 amide bonds. The van der Waals surface area contributed by atoms with E-state index in [0.717, 1.165) is 0 Å². The highest BCUT2D eigenvalue weighted by molar-refractivity contribution is 7.78. The molecule has 44 valence electrons. The van der Waals surface area contributed by atoms with Gasteiger partial charge in [-0.1, -0.05) is 12.0 Å². The zero-order chi connectivity index (χ0) is 6.83. The quantitative estimate of drug-likeness (QED) is 0.190. The number of isothiocyanates is 1. The van der Waals surface area contributed by atoms with E-state index in [1.165, 1.54) is 0 Å². The first kappa shape index (κ1) is 10.2. The normalized spacial score (nSPS) is 4.62. The Kier molecular flexibility index (Phi) is 21.0. The first-order chi connectivity index (χ1) is 3.83. The molecule has 0 saturated heterocycles. The summed E-state index contributed by atoms with van der Waals surface area (Å²) >= 11 is 3.81. The van der Waals surface area contributed by atoms with Crippen LogP contribution in [0.2, 0.25) is 0 Å². The van der Waals surface area contributed by atoms with E-state index in [9.17, 15) is 0 Å². The minimum absolute atomic E-state index is 0.552. The van der Waals surface area contributed by atoms with Crippen molar-refractivity contribution in [2.75, 3.05) is 6.54 Å². The fraction of sp³-hybridized carbons (Fsp3) is 0.667. The van der Waals surface area contributed by atoms with E-state index in [2.05, 4.69) is 22.2 Å². The second-order valence-electron chi connectivity index (χ2n) is 0.649. The van der Waals surface area contributed by atoms with Gasteiger partial charge in [0.05, 0.1) is 5.16 Å². The Morgan fingerprint density at radius 2 is 2.38 bits per heavy atom. The van der Waals surface area contributed by atoms with Crippen LogP contribution in [0.15, 0.2) is 5.11 Å². The van der Waals surface area contributed by atoms with Crippen molar-refractivity contribution < 1.29 is 0 Å². The summed E-state index contributed by atoms with van der Waals surface area (Å²) in [5, 5.41) is 10.5. The van der Waals surface area contributed by atoms with Gasteiger partial charge in [0.1, 0.15) is 0 Å². The zero-order valence-corrected chi connectivity index (χ0v) is 5.27. The molecule has 0 aliphatic carbocycles. The molecular formula is C3H6N4S. The summed E-state index contributed by atoms with van der Waals surface area (Å²) in [6, 6.07) is 0. The van der Waals surface area contributed by atoms with Gasteiger partial charge in [0.15, 0.2) is 0 Å². The summed E-state index contributed by atoms with van der Waals surface area (Å²) in [6.45, 7) is 2.34. The molecule has 1 N–H and O–H groups in total. The Bertz CT molecular complexity index is 108. The van der Waals surface area contributed by atoms with Gasteiger partial charge in [-0.25, -0.2) is 5.41 Å². The Morgan fingerprint density at radius 3 is 2.38 bits per heavy atom. The topological polar surface area (TPSA) is 72.6 Å². The number of thiocarbonyl (C=S) groups is 1. The molecule has 4 nitrogen and oxygen atoms in total. The molecule has 0 bridgehead atoms. The van der Waals surface area contributed by atoms with Crippen LogP contribution in [0, 0.1) is 5.41 Å². The summed E-state index contributed by atoms with van der Waals surface area (Å²) in [4.78, 5) is 2.48. The highest BCUT2D eigenvalue weighted by atomic mass is 32.1. The van der Waals surface area contributed by atoms with Gasteiger partial charge in [-0.15, -0.1) is 0 Å². The fourth-order valence-corrected chi connectivity index (χ4v) is 0.0632. The molecule has 0 aromatic rings. The van der Waals surface area contributed by atoms with E-state index in [-0.39, 0.29) is 0 Å². The maximum atomic E-state index is 7.52. The summed E-state index contributed by atoms with van der Waals surface area (Å²) < 4.78 is 0. The summed E-state index contributed by atoms with van der Waals surface area (Å²) in [7, 11) is 0. The Hall–Kier alpha value is -0.890. The van der Waals surface area contributed by atoms with Crippen LogP contribution in [0.3, 0.4) is 0 Å². The van der Waals surface area contributed by atoms with E-state index in [4.69, 9.17) is 10.9 Å². The molecule has 8 heavy (non-hydrogen) atoms. The SMILES string of the molecule is CCN=[N+]=[N-].N=C=S. The molecule has 5 heteroatoms. The lowest BCUT2D eigenvalue weighted by Crippen LogP contribution is -1.52. The van der Waals surface area contributed by atoms with Gasteiger partial charge in [0.2, 0.25) is 0 Å². The number of azide groups is 1. The first-order valence-electron chi connectivity index (χ1n) is 1.88. The van der Waals surface area contributed by atoms with Crippen LogP contribution in [-0.4, -0.2) is 11.7 Å². The highest BCUT2D eigenvalue weighted by Crippen LogP contribution is 1.61. The number of nitrogens with zero attached hydrogens (tertiary/aromatic N) is 3. The predicted molar refractivity (Wildman–Crippen MR) is 35.0 cm³/mol. The smallest absolute Gasteiger partial charge is 0.0554 e. The number of hydrogen-bond acceptors (Lipinski definition) is 3. The monoisotopic (exact) mass is 130 g/mol. The lowest BCUT2D eigenvalue weighted by molar-refractivity contribution is 1.11. The average molecular weight is 130 g/mol. The van der Waals surface area contributed by atoms with Crippen molar-refractivity contribution in [3.63, 3.8) is 0 Å². The Balaban J connectivity index is 0. The molecule has 0 aromatic carbocycles. The van der Waals surface area contributed by atoms with Crippen molar-refractivity contribution in [3.8, 4) is 0 Å². The summed E-state index contributed by atoms with van der Waals surface area (Å²) in [5.74, 6) is 0. The minimum Gasteiger partial charge on any atom is -0.248 e. The fourth-order valence-electron chi connectivity index (χ4n) is 0.0632. The standard InChI is InChI=1S/C2H5N3.CHNS/c1-2-4-5-3;2-1-3/h2H2,1H3;2H. The van der Waals surface area contributed by atoms with E-state index >= 15 is 0 Å². The molecule has 0 aliphatic rings. The molecule has 0 saturated carbocycles. The molecule has 0 rings (SSSR count). The highest BCUT2D eigenvalue weighted by Gasteiger charge is 1.51. The number of nitrogens with one attached hydrogen (secondary N) is 1. The van der Waals surface area contributed by atoms with Crippen LogP contribution >= 0.6 is 12.2 Å². The van der Waals surface area contributed by atoms with Gasteiger partial charge in [-0.05, 0) is 17.7 Å². The van der Waals surface area contributed by atoms with Crippen molar-refractivity contribution in [1.82, 2.24) is 0 Å². The molecule has 0 heterocycles. The zero-order valence-electron chi connectivity index (χ0n) is 4.46. The van der Waals surface area contributed by atoms with Crippen LogP contribution in [0.4, 0.5) is 0 Å². The molecular weight excluding hydrogens is 124 g/mol.